The second-order valence-corrected chi connectivity index (χ2v) is 6.52. The van der Waals surface area contributed by atoms with Crippen LogP contribution in [0.3, 0.4) is 0 Å². The summed E-state index contributed by atoms with van der Waals surface area (Å²) in [5, 5.41) is 9.09. The van der Waals surface area contributed by atoms with Crippen molar-refractivity contribution in [2.24, 2.45) is 0 Å². The Balaban J connectivity index is 1.89. The maximum absolute atomic E-state index is 12.0. The van der Waals surface area contributed by atoms with Gasteiger partial charge < -0.3 is 14.5 Å². The second-order valence-electron chi connectivity index (χ2n) is 6.52. The molecule has 1 aliphatic rings. The molecule has 1 amide bonds. The van der Waals surface area contributed by atoms with E-state index in [0.29, 0.717) is 18.7 Å². The molecule has 0 spiro atoms. The fourth-order valence-corrected chi connectivity index (χ4v) is 2.31. The minimum Gasteiger partial charge on any atom is -0.444 e. The number of amides is 1. The van der Waals surface area contributed by atoms with Crippen molar-refractivity contribution in [2.45, 2.75) is 26.4 Å². The van der Waals surface area contributed by atoms with Crippen LogP contribution in [-0.4, -0.2) is 47.7 Å². The highest BCUT2D eigenvalue weighted by Crippen LogP contribution is 2.13. The molecule has 1 aromatic carbocycles. The molecule has 0 bridgehead atoms. The number of benzene rings is 1. The van der Waals surface area contributed by atoms with Crippen LogP contribution in [-0.2, 0) is 4.74 Å². The molecule has 23 heavy (non-hydrogen) atoms. The van der Waals surface area contributed by atoms with Gasteiger partial charge in [0.15, 0.2) is 0 Å². The van der Waals surface area contributed by atoms with Gasteiger partial charge in [0, 0.05) is 26.2 Å². The van der Waals surface area contributed by atoms with Crippen LogP contribution in [0.15, 0.2) is 30.5 Å². The molecule has 0 radical (unpaired) electrons. The largest absolute Gasteiger partial charge is 0.444 e. The summed E-state index contributed by atoms with van der Waals surface area (Å²) in [7, 11) is 0. The van der Waals surface area contributed by atoms with Gasteiger partial charge in [-0.3, -0.25) is 0 Å². The maximum atomic E-state index is 12.0. The predicted octanol–water partition coefficient (Wildman–Crippen LogP) is 3.08. The van der Waals surface area contributed by atoms with E-state index in [9.17, 15) is 4.79 Å². The van der Waals surface area contributed by atoms with Gasteiger partial charge in [-0.1, -0.05) is 18.2 Å². The Morgan fingerprint density at radius 1 is 1.22 bits per heavy atom. The average molecular weight is 313 g/mol. The number of ether oxygens (including phenoxy) is 1. The zero-order valence-corrected chi connectivity index (χ0v) is 14.0. The van der Waals surface area contributed by atoms with Gasteiger partial charge in [0.2, 0.25) is 0 Å². The zero-order chi connectivity index (χ0) is 16.9. The summed E-state index contributed by atoms with van der Waals surface area (Å²) in [6.45, 7) is 8.40. The first-order valence-electron chi connectivity index (χ1n) is 7.78. The van der Waals surface area contributed by atoms with Crippen molar-refractivity contribution < 1.29 is 9.53 Å². The van der Waals surface area contributed by atoms with Crippen molar-refractivity contribution in [1.82, 2.24) is 9.80 Å². The zero-order valence-electron chi connectivity index (χ0n) is 14.0. The van der Waals surface area contributed by atoms with Crippen LogP contribution in [0, 0.1) is 11.3 Å². The van der Waals surface area contributed by atoms with Crippen molar-refractivity contribution in [1.29, 1.82) is 5.26 Å². The first kappa shape index (κ1) is 16.9. The van der Waals surface area contributed by atoms with Gasteiger partial charge >= 0.3 is 6.09 Å². The van der Waals surface area contributed by atoms with E-state index >= 15 is 0 Å². The summed E-state index contributed by atoms with van der Waals surface area (Å²) >= 11 is 0. The molecule has 0 atom stereocenters. The van der Waals surface area contributed by atoms with Gasteiger partial charge in [-0.25, -0.2) is 4.79 Å². The summed E-state index contributed by atoms with van der Waals surface area (Å²) in [5.74, 6) is 0. The standard InChI is InChI=1S/C18H23N3O2/c1-18(2,3)23-17(22)21-12-10-20(11-13-21)9-8-15-6-4-5-7-16(15)14-19/h4-9H,10-13H2,1-3H3. The normalized spacial score (nSPS) is 15.6. The minimum absolute atomic E-state index is 0.254. The molecular weight excluding hydrogens is 290 g/mol. The Labute approximate surface area is 137 Å². The van der Waals surface area contributed by atoms with Crippen LogP contribution >= 0.6 is 0 Å². The molecule has 5 nitrogen and oxygen atoms in total. The number of rotatable bonds is 2. The van der Waals surface area contributed by atoms with Gasteiger partial charge in [0.1, 0.15) is 5.60 Å². The van der Waals surface area contributed by atoms with Gasteiger partial charge in [0.05, 0.1) is 11.6 Å². The third-order valence-corrected chi connectivity index (χ3v) is 3.51. The molecule has 0 aliphatic carbocycles. The molecule has 1 saturated heterocycles. The van der Waals surface area contributed by atoms with E-state index in [1.807, 2.05) is 51.2 Å². The minimum atomic E-state index is -0.463. The predicted molar refractivity (Wildman–Crippen MR) is 89.6 cm³/mol. The number of hydrogen-bond acceptors (Lipinski definition) is 4. The molecule has 0 N–H and O–H groups in total. The van der Waals surface area contributed by atoms with E-state index in [0.717, 1.165) is 18.7 Å². The van der Waals surface area contributed by atoms with Crippen molar-refractivity contribution in [3.05, 3.63) is 41.6 Å². The van der Waals surface area contributed by atoms with Crippen molar-refractivity contribution >= 4 is 12.2 Å². The van der Waals surface area contributed by atoms with Gasteiger partial charge in [-0.15, -0.1) is 0 Å². The van der Waals surface area contributed by atoms with E-state index in [1.54, 1.807) is 11.0 Å². The fraction of sp³-hybridized carbons (Fsp3) is 0.444. The van der Waals surface area contributed by atoms with E-state index in [4.69, 9.17) is 10.00 Å². The Kier molecular flexibility index (Phi) is 5.28. The number of nitrogens with zero attached hydrogens (tertiary/aromatic N) is 3. The maximum Gasteiger partial charge on any atom is 0.410 e. The molecule has 1 aliphatic heterocycles. The van der Waals surface area contributed by atoms with Crippen LogP contribution in [0.25, 0.3) is 6.08 Å². The summed E-state index contributed by atoms with van der Waals surface area (Å²) in [6, 6.07) is 9.69. The number of hydrogen-bond donors (Lipinski definition) is 0. The molecular formula is C18H23N3O2. The number of carbonyl (C=O) groups excluding carboxylic acids is 1. The molecule has 0 aromatic heterocycles. The van der Waals surface area contributed by atoms with Crippen LogP contribution in [0.4, 0.5) is 4.79 Å². The highest BCUT2D eigenvalue weighted by atomic mass is 16.6. The van der Waals surface area contributed by atoms with E-state index in [-0.39, 0.29) is 6.09 Å². The molecule has 1 fully saturated rings. The lowest BCUT2D eigenvalue weighted by atomic mass is 10.1. The first-order valence-corrected chi connectivity index (χ1v) is 7.78. The topological polar surface area (TPSA) is 56.6 Å². The lowest BCUT2D eigenvalue weighted by molar-refractivity contribution is 0.0177. The lowest BCUT2D eigenvalue weighted by Crippen LogP contribution is -2.48. The quantitative estimate of drug-likeness (QED) is 0.842. The van der Waals surface area contributed by atoms with E-state index in [1.165, 1.54) is 0 Å². The third-order valence-electron chi connectivity index (χ3n) is 3.51. The number of piperazine rings is 1. The smallest absolute Gasteiger partial charge is 0.410 e. The molecule has 122 valence electrons. The first-order chi connectivity index (χ1) is 10.9. The Bertz CT molecular complexity index is 618. The summed E-state index contributed by atoms with van der Waals surface area (Å²) in [6.07, 6.45) is 3.68. The second kappa shape index (κ2) is 7.19. The average Bonchev–Trinajstić information content (AvgIpc) is 2.52. The van der Waals surface area contributed by atoms with Crippen molar-refractivity contribution in [2.75, 3.05) is 26.2 Å². The molecule has 1 aromatic rings. The molecule has 1 heterocycles. The highest BCUT2D eigenvalue weighted by molar-refractivity contribution is 5.68. The van der Waals surface area contributed by atoms with Gasteiger partial charge in [-0.05, 0) is 44.7 Å². The van der Waals surface area contributed by atoms with Gasteiger partial charge in [0.25, 0.3) is 0 Å². The molecule has 2 rings (SSSR count). The van der Waals surface area contributed by atoms with E-state index in [2.05, 4.69) is 11.0 Å². The summed E-state index contributed by atoms with van der Waals surface area (Å²) in [5.41, 5.74) is 1.11. The lowest BCUT2D eigenvalue weighted by Gasteiger charge is -2.35. The van der Waals surface area contributed by atoms with Crippen LogP contribution in [0.2, 0.25) is 0 Å². The summed E-state index contributed by atoms with van der Waals surface area (Å²) < 4.78 is 5.39. The highest BCUT2D eigenvalue weighted by Gasteiger charge is 2.24. The Hall–Kier alpha value is -2.48. The monoisotopic (exact) mass is 313 g/mol. The van der Waals surface area contributed by atoms with Crippen LogP contribution in [0.5, 0.6) is 0 Å². The van der Waals surface area contributed by atoms with Gasteiger partial charge in [-0.2, -0.15) is 5.26 Å². The molecule has 5 heteroatoms. The fourth-order valence-electron chi connectivity index (χ4n) is 2.31. The molecule has 0 unspecified atom stereocenters. The third kappa shape index (κ3) is 5.03. The SMILES string of the molecule is CC(C)(C)OC(=O)N1CCN(C=Cc2ccccc2C#N)CC1. The molecule has 0 saturated carbocycles. The Morgan fingerprint density at radius 2 is 1.87 bits per heavy atom. The number of nitriles is 1. The van der Waals surface area contributed by atoms with Crippen LogP contribution in [0.1, 0.15) is 31.9 Å². The van der Waals surface area contributed by atoms with Crippen molar-refractivity contribution in [3.63, 3.8) is 0 Å². The Morgan fingerprint density at radius 3 is 2.48 bits per heavy atom. The number of carbonyl (C=O) groups is 1. The van der Waals surface area contributed by atoms with Crippen molar-refractivity contribution in [3.8, 4) is 6.07 Å². The van der Waals surface area contributed by atoms with Crippen LogP contribution < -0.4 is 0 Å². The summed E-state index contributed by atoms with van der Waals surface area (Å²) in [4.78, 5) is 15.9. The van der Waals surface area contributed by atoms with E-state index < -0.39 is 5.60 Å².